The quantitative estimate of drug-likeness (QED) is 0.863. The van der Waals surface area contributed by atoms with Crippen molar-refractivity contribution in [2.45, 2.75) is 32.7 Å². The Morgan fingerprint density at radius 3 is 2.90 bits per heavy atom. The molecule has 0 saturated heterocycles. The van der Waals surface area contributed by atoms with Crippen LogP contribution in [0.3, 0.4) is 0 Å². The van der Waals surface area contributed by atoms with E-state index in [0.717, 1.165) is 11.9 Å². The van der Waals surface area contributed by atoms with E-state index in [1.54, 1.807) is 17.6 Å². The van der Waals surface area contributed by atoms with Gasteiger partial charge in [0.1, 0.15) is 18.2 Å². The third-order valence-corrected chi connectivity index (χ3v) is 3.34. The number of hydrogen-bond donors (Lipinski definition) is 1. The van der Waals surface area contributed by atoms with E-state index in [-0.39, 0.29) is 24.1 Å². The van der Waals surface area contributed by atoms with E-state index in [4.69, 9.17) is 11.6 Å². The fraction of sp³-hybridized carbons (Fsp3) is 0.429. The fourth-order valence-corrected chi connectivity index (χ4v) is 2.25. The number of carbonyl (C=O) groups excluding carboxylic acids is 1. The molecule has 0 spiro atoms. The first-order chi connectivity index (χ1) is 9.56. The predicted molar refractivity (Wildman–Crippen MR) is 77.3 cm³/mol. The first-order valence-electron chi connectivity index (χ1n) is 6.54. The summed E-state index contributed by atoms with van der Waals surface area (Å²) >= 11 is 5.86. The summed E-state index contributed by atoms with van der Waals surface area (Å²) < 4.78 is 15.3. The summed E-state index contributed by atoms with van der Waals surface area (Å²) in [7, 11) is 0. The van der Waals surface area contributed by atoms with Gasteiger partial charge in [0, 0.05) is 12.6 Å². The third kappa shape index (κ3) is 2.93. The fourth-order valence-electron chi connectivity index (χ4n) is 2.04. The zero-order valence-corrected chi connectivity index (χ0v) is 12.3. The highest BCUT2D eigenvalue weighted by Crippen LogP contribution is 2.21. The smallest absolute Gasteiger partial charge is 0.240 e. The zero-order chi connectivity index (χ0) is 14.7. The molecule has 1 aromatic heterocycles. The van der Waals surface area contributed by atoms with Crippen molar-refractivity contribution in [3.05, 3.63) is 29.3 Å². The van der Waals surface area contributed by atoms with E-state index in [0.29, 0.717) is 23.4 Å². The van der Waals surface area contributed by atoms with Crippen molar-refractivity contribution in [2.24, 2.45) is 0 Å². The second-order valence-electron chi connectivity index (χ2n) is 4.69. The average Bonchev–Trinajstić information content (AvgIpc) is 2.74. The Bertz CT molecular complexity index is 639. The standard InChI is InChI=1S/C14H17ClFN3O/c1-3-4-17-14(20)8-19-12-5-9(2)10(16)6-11(12)18-13(19)7-15/h5-6H,3-4,7-8H2,1-2H3,(H,17,20). The van der Waals surface area contributed by atoms with E-state index in [9.17, 15) is 9.18 Å². The molecule has 2 rings (SSSR count). The molecule has 0 atom stereocenters. The van der Waals surface area contributed by atoms with Gasteiger partial charge in [-0.25, -0.2) is 9.37 Å². The van der Waals surface area contributed by atoms with Crippen LogP contribution in [-0.4, -0.2) is 22.0 Å². The number of rotatable bonds is 5. The molecule has 0 saturated carbocycles. The highest BCUT2D eigenvalue weighted by Gasteiger charge is 2.14. The first-order valence-corrected chi connectivity index (χ1v) is 7.08. The second kappa shape index (κ2) is 6.22. The Kier molecular flexibility index (Phi) is 4.60. The molecule has 0 bridgehead atoms. The molecule has 6 heteroatoms. The summed E-state index contributed by atoms with van der Waals surface area (Å²) in [5, 5.41) is 2.81. The number of benzene rings is 1. The van der Waals surface area contributed by atoms with Crippen LogP contribution in [0.4, 0.5) is 4.39 Å². The lowest BCUT2D eigenvalue weighted by Gasteiger charge is -2.08. The van der Waals surface area contributed by atoms with E-state index >= 15 is 0 Å². The Morgan fingerprint density at radius 2 is 2.25 bits per heavy atom. The van der Waals surface area contributed by atoms with Crippen LogP contribution in [0.5, 0.6) is 0 Å². The summed E-state index contributed by atoms with van der Waals surface area (Å²) in [5.74, 6) is 0.340. The van der Waals surface area contributed by atoms with Crippen molar-refractivity contribution >= 4 is 28.5 Å². The molecular formula is C14H17ClFN3O. The number of imidazole rings is 1. The van der Waals surface area contributed by atoms with Crippen LogP contribution in [0.15, 0.2) is 12.1 Å². The van der Waals surface area contributed by atoms with Gasteiger partial charge >= 0.3 is 0 Å². The van der Waals surface area contributed by atoms with Gasteiger partial charge in [-0.15, -0.1) is 11.6 Å². The number of alkyl halides is 1. The number of aromatic nitrogens is 2. The Morgan fingerprint density at radius 1 is 1.50 bits per heavy atom. The van der Waals surface area contributed by atoms with Gasteiger partial charge in [0.15, 0.2) is 0 Å². The number of fused-ring (bicyclic) bond motifs is 1. The van der Waals surface area contributed by atoms with Crippen molar-refractivity contribution < 1.29 is 9.18 Å². The summed E-state index contributed by atoms with van der Waals surface area (Å²) in [4.78, 5) is 16.1. The van der Waals surface area contributed by atoms with Crippen molar-refractivity contribution in [2.75, 3.05) is 6.54 Å². The van der Waals surface area contributed by atoms with Gasteiger partial charge in [-0.1, -0.05) is 6.92 Å². The van der Waals surface area contributed by atoms with Crippen molar-refractivity contribution in [3.63, 3.8) is 0 Å². The molecule has 0 aliphatic rings. The molecule has 2 aromatic rings. The average molecular weight is 298 g/mol. The van der Waals surface area contributed by atoms with E-state index in [1.165, 1.54) is 6.07 Å². The highest BCUT2D eigenvalue weighted by atomic mass is 35.5. The number of hydrogen-bond acceptors (Lipinski definition) is 2. The number of aryl methyl sites for hydroxylation is 1. The van der Waals surface area contributed by atoms with E-state index < -0.39 is 0 Å². The number of amides is 1. The molecule has 108 valence electrons. The Labute approximate surface area is 121 Å². The van der Waals surface area contributed by atoms with Crippen molar-refractivity contribution in [1.82, 2.24) is 14.9 Å². The molecule has 0 radical (unpaired) electrons. The zero-order valence-electron chi connectivity index (χ0n) is 11.5. The maximum absolute atomic E-state index is 13.6. The minimum absolute atomic E-state index is 0.0977. The lowest BCUT2D eigenvalue weighted by molar-refractivity contribution is -0.121. The molecule has 4 nitrogen and oxygen atoms in total. The normalized spacial score (nSPS) is 11.0. The lowest BCUT2D eigenvalue weighted by Crippen LogP contribution is -2.28. The molecule has 1 heterocycles. The number of nitrogens with zero attached hydrogens (tertiary/aromatic N) is 2. The molecule has 0 aliphatic heterocycles. The maximum Gasteiger partial charge on any atom is 0.240 e. The molecule has 0 unspecified atom stereocenters. The largest absolute Gasteiger partial charge is 0.355 e. The van der Waals surface area contributed by atoms with Gasteiger partial charge in [-0.2, -0.15) is 0 Å². The SMILES string of the molecule is CCCNC(=O)Cn1c(CCl)nc2cc(F)c(C)cc21. The van der Waals surface area contributed by atoms with E-state index in [1.807, 2.05) is 6.92 Å². The number of carbonyl (C=O) groups is 1. The van der Waals surface area contributed by atoms with Gasteiger partial charge in [-0.3, -0.25) is 4.79 Å². The molecule has 0 fully saturated rings. The molecular weight excluding hydrogens is 281 g/mol. The molecule has 1 aromatic carbocycles. The highest BCUT2D eigenvalue weighted by molar-refractivity contribution is 6.16. The summed E-state index contributed by atoms with van der Waals surface area (Å²) in [5.41, 5.74) is 1.77. The minimum Gasteiger partial charge on any atom is -0.355 e. The summed E-state index contributed by atoms with van der Waals surface area (Å²) in [6.07, 6.45) is 0.878. The van der Waals surface area contributed by atoms with Gasteiger partial charge < -0.3 is 9.88 Å². The van der Waals surface area contributed by atoms with Crippen molar-refractivity contribution in [1.29, 1.82) is 0 Å². The topological polar surface area (TPSA) is 46.9 Å². The molecule has 20 heavy (non-hydrogen) atoms. The predicted octanol–water partition coefficient (Wildman–Crippen LogP) is 2.75. The number of halogens is 2. The molecule has 0 aliphatic carbocycles. The van der Waals surface area contributed by atoms with Crippen LogP contribution in [0.1, 0.15) is 24.7 Å². The van der Waals surface area contributed by atoms with Gasteiger partial charge in [0.05, 0.1) is 16.9 Å². The first kappa shape index (κ1) is 14.8. The van der Waals surface area contributed by atoms with Crippen LogP contribution in [0, 0.1) is 12.7 Å². The second-order valence-corrected chi connectivity index (χ2v) is 4.96. The molecule has 1 N–H and O–H groups in total. The van der Waals surface area contributed by atoms with Crippen molar-refractivity contribution in [3.8, 4) is 0 Å². The Balaban J connectivity index is 2.39. The monoisotopic (exact) mass is 297 g/mol. The van der Waals surface area contributed by atoms with Crippen LogP contribution in [0.25, 0.3) is 11.0 Å². The third-order valence-electron chi connectivity index (χ3n) is 3.10. The number of nitrogens with one attached hydrogen (secondary N) is 1. The van der Waals surface area contributed by atoms with Crippen LogP contribution in [0.2, 0.25) is 0 Å². The Hall–Kier alpha value is -1.62. The van der Waals surface area contributed by atoms with Crippen LogP contribution in [-0.2, 0) is 17.2 Å². The van der Waals surface area contributed by atoms with Gasteiger partial charge in [-0.05, 0) is 25.0 Å². The van der Waals surface area contributed by atoms with Gasteiger partial charge in [0.25, 0.3) is 0 Å². The summed E-state index contributed by atoms with van der Waals surface area (Å²) in [6, 6.07) is 3.07. The summed E-state index contributed by atoms with van der Waals surface area (Å²) in [6.45, 7) is 4.45. The van der Waals surface area contributed by atoms with E-state index in [2.05, 4.69) is 10.3 Å². The van der Waals surface area contributed by atoms with Crippen LogP contribution < -0.4 is 5.32 Å². The van der Waals surface area contributed by atoms with Gasteiger partial charge in [0.2, 0.25) is 5.91 Å². The minimum atomic E-state index is -0.307. The molecule has 1 amide bonds. The lowest BCUT2D eigenvalue weighted by atomic mass is 10.2. The maximum atomic E-state index is 13.6. The van der Waals surface area contributed by atoms with Crippen LogP contribution >= 0.6 is 11.6 Å².